The number of aromatic nitrogens is 4. The van der Waals surface area contributed by atoms with Gasteiger partial charge in [0.2, 0.25) is 0 Å². The van der Waals surface area contributed by atoms with Crippen LogP contribution in [-0.2, 0) is 20.1 Å². The number of thiophene rings is 1. The summed E-state index contributed by atoms with van der Waals surface area (Å²) in [6.45, 7) is 4.24. The normalized spacial score (nSPS) is 10.9. The van der Waals surface area contributed by atoms with Gasteiger partial charge in [-0.15, -0.1) is 53.6 Å². The van der Waals surface area contributed by atoms with Crippen LogP contribution in [0.2, 0.25) is 0 Å². The van der Waals surface area contributed by atoms with Crippen molar-refractivity contribution in [2.45, 2.75) is 13.8 Å². The summed E-state index contributed by atoms with van der Waals surface area (Å²) in [5, 5.41) is 2.55. The van der Waals surface area contributed by atoms with Crippen LogP contribution in [-0.4, -0.2) is 19.5 Å². The second kappa shape index (κ2) is 15.7. The molecule has 4 nitrogen and oxygen atoms in total. The molecule has 0 atom stereocenters. The number of aryl methyl sites for hydroxylation is 2. The fourth-order valence-electron chi connectivity index (χ4n) is 7.02. The molecule has 0 saturated carbocycles. The first-order valence-electron chi connectivity index (χ1n) is 17.9. The maximum absolute atomic E-state index is 5.28. The Bertz CT molecular complexity index is 2830. The van der Waals surface area contributed by atoms with Crippen molar-refractivity contribution in [3.05, 3.63) is 193 Å². The topological polar surface area (TPSA) is 43.6 Å². The minimum atomic E-state index is 0. The van der Waals surface area contributed by atoms with Gasteiger partial charge in [0.25, 0.3) is 0 Å². The molecule has 267 valence electrons. The van der Waals surface area contributed by atoms with Crippen molar-refractivity contribution in [1.29, 1.82) is 0 Å². The van der Waals surface area contributed by atoms with E-state index in [1.54, 1.807) is 6.20 Å². The molecule has 0 unspecified atom stereocenters. The first-order valence-corrected chi connectivity index (χ1v) is 18.8. The zero-order chi connectivity index (χ0) is 36.4. The van der Waals surface area contributed by atoms with Crippen LogP contribution in [0.1, 0.15) is 11.3 Å². The Morgan fingerprint density at radius 2 is 1.33 bits per heavy atom. The minimum Gasteiger partial charge on any atom is -0.333 e. The molecule has 0 fully saturated rings. The van der Waals surface area contributed by atoms with Gasteiger partial charge in [0.05, 0.1) is 28.2 Å². The molecule has 0 spiro atoms. The first-order chi connectivity index (χ1) is 26.6. The maximum Gasteiger partial charge on any atom is 0.0987 e. The molecule has 0 aliphatic heterocycles. The van der Waals surface area contributed by atoms with Crippen molar-refractivity contribution in [3.8, 4) is 50.7 Å². The van der Waals surface area contributed by atoms with E-state index in [2.05, 4.69) is 151 Å². The van der Waals surface area contributed by atoms with Crippen LogP contribution >= 0.6 is 11.3 Å². The summed E-state index contributed by atoms with van der Waals surface area (Å²) in [5.74, 6) is 0.881. The van der Waals surface area contributed by atoms with Gasteiger partial charge in [-0.2, -0.15) is 11.3 Å². The van der Waals surface area contributed by atoms with Crippen molar-refractivity contribution < 1.29 is 20.1 Å². The van der Waals surface area contributed by atoms with Gasteiger partial charge in [-0.25, -0.2) is 0 Å². The van der Waals surface area contributed by atoms with Crippen LogP contribution in [0.3, 0.4) is 0 Å². The van der Waals surface area contributed by atoms with E-state index in [-0.39, 0.29) is 20.1 Å². The van der Waals surface area contributed by atoms with Crippen LogP contribution in [0.15, 0.2) is 170 Å². The van der Waals surface area contributed by atoms with Crippen LogP contribution < -0.4 is 0 Å². The van der Waals surface area contributed by atoms with Gasteiger partial charge in [-0.1, -0.05) is 121 Å². The summed E-state index contributed by atoms with van der Waals surface area (Å²) in [4.78, 5) is 14.5. The third-order valence-corrected chi connectivity index (χ3v) is 10.8. The van der Waals surface area contributed by atoms with Crippen molar-refractivity contribution >= 4 is 42.5 Å². The Morgan fingerprint density at radius 3 is 2.04 bits per heavy atom. The van der Waals surface area contributed by atoms with Crippen molar-refractivity contribution in [3.63, 3.8) is 0 Å². The Kier molecular flexibility index (Phi) is 10.3. The van der Waals surface area contributed by atoms with Gasteiger partial charge < -0.3 is 9.55 Å². The summed E-state index contributed by atoms with van der Waals surface area (Å²) in [5.41, 5.74) is 12.6. The number of pyridine rings is 2. The van der Waals surface area contributed by atoms with E-state index in [9.17, 15) is 0 Å². The predicted octanol–water partition coefficient (Wildman–Crippen LogP) is 12.8. The van der Waals surface area contributed by atoms with Crippen molar-refractivity contribution in [2.24, 2.45) is 0 Å². The molecule has 6 heteroatoms. The van der Waals surface area contributed by atoms with Crippen molar-refractivity contribution in [1.82, 2.24) is 19.5 Å². The van der Waals surface area contributed by atoms with Gasteiger partial charge in [0.15, 0.2) is 0 Å². The fourth-order valence-corrected chi connectivity index (χ4v) is 8.34. The van der Waals surface area contributed by atoms with E-state index < -0.39 is 0 Å². The number of para-hydroxylation sites is 1. The van der Waals surface area contributed by atoms with E-state index in [0.29, 0.717) is 0 Å². The molecule has 6 aromatic carbocycles. The zero-order valence-corrected chi connectivity index (χ0v) is 33.4. The quantitative estimate of drug-likeness (QED) is 0.162. The zero-order valence-electron chi connectivity index (χ0n) is 30.2. The van der Waals surface area contributed by atoms with Gasteiger partial charge >= 0.3 is 0 Å². The van der Waals surface area contributed by atoms with Crippen LogP contribution in [0.4, 0.5) is 0 Å². The molecular formula is C49H34IrN4S-2. The smallest absolute Gasteiger partial charge is 0.0987 e. The van der Waals surface area contributed by atoms with E-state index in [4.69, 9.17) is 9.97 Å². The molecule has 0 aliphatic rings. The molecule has 4 aromatic heterocycles. The second-order valence-electron chi connectivity index (χ2n) is 13.2. The Labute approximate surface area is 338 Å². The van der Waals surface area contributed by atoms with Crippen LogP contribution in [0.5, 0.6) is 0 Å². The minimum absolute atomic E-state index is 0. The Hall–Kier alpha value is -6.04. The molecule has 0 bridgehead atoms. The van der Waals surface area contributed by atoms with E-state index in [0.717, 1.165) is 56.3 Å². The van der Waals surface area contributed by atoms with E-state index >= 15 is 0 Å². The molecule has 0 saturated heterocycles. The van der Waals surface area contributed by atoms with E-state index in [1.165, 1.54) is 36.9 Å². The van der Waals surface area contributed by atoms with Crippen molar-refractivity contribution in [2.75, 3.05) is 0 Å². The largest absolute Gasteiger partial charge is 0.333 e. The molecule has 1 radical (unpaired) electrons. The fraction of sp³-hybridized carbons (Fsp3) is 0.0408. The molecule has 0 N–H and O–H groups in total. The van der Waals surface area contributed by atoms with Crippen LogP contribution in [0.25, 0.3) is 81.9 Å². The van der Waals surface area contributed by atoms with Gasteiger partial charge in [0, 0.05) is 42.3 Å². The Morgan fingerprint density at radius 1 is 0.618 bits per heavy atom. The average Bonchev–Trinajstić information content (AvgIpc) is 3.83. The first kappa shape index (κ1) is 36.0. The van der Waals surface area contributed by atoms with E-state index in [1.807, 2.05) is 59.9 Å². The summed E-state index contributed by atoms with van der Waals surface area (Å²) in [6.07, 6.45) is 1.79. The number of fused-ring (bicyclic) bond motifs is 4. The van der Waals surface area contributed by atoms with Gasteiger partial charge in [-0.3, -0.25) is 9.97 Å². The molecule has 0 amide bonds. The third-order valence-electron chi connectivity index (χ3n) is 9.63. The predicted molar refractivity (Wildman–Crippen MR) is 225 cm³/mol. The summed E-state index contributed by atoms with van der Waals surface area (Å²) < 4.78 is 4.75. The summed E-state index contributed by atoms with van der Waals surface area (Å²) in [6, 6.07) is 63.0. The number of hydrogen-bond acceptors (Lipinski definition) is 4. The standard InChI is InChI=1S/C38H26N3S.C11H8N.Ir/c1-24-18-20-31(37-35(24)30-21-19-28(22-34(30)42-37)26-12-6-3-7-13-26)38-40-36-25(2)39-32(27-14-8-4-9-15-27)23-33(36)41(38)29-16-10-5-11-17-29;1-2-6-10(7-3-1)11-8-4-5-9-12-11;/h3-19,21-23H,1-2H3;1-6,8-9H;/q2*-1;. The monoisotopic (exact) mass is 903 g/mol. The number of hydrogen-bond donors (Lipinski definition) is 0. The summed E-state index contributed by atoms with van der Waals surface area (Å²) in [7, 11) is 0. The molecular weight excluding hydrogens is 869 g/mol. The number of nitrogens with zero attached hydrogens (tertiary/aromatic N) is 4. The average molecular weight is 903 g/mol. The molecule has 10 aromatic rings. The van der Waals surface area contributed by atoms with Gasteiger partial charge in [0.1, 0.15) is 0 Å². The van der Waals surface area contributed by atoms with Gasteiger partial charge in [-0.05, 0) is 64.2 Å². The molecule has 10 rings (SSSR count). The number of rotatable bonds is 5. The van der Waals surface area contributed by atoms with Crippen LogP contribution in [0, 0.1) is 26.0 Å². The third kappa shape index (κ3) is 7.04. The number of benzene rings is 6. The molecule has 55 heavy (non-hydrogen) atoms. The summed E-state index contributed by atoms with van der Waals surface area (Å²) >= 11 is 1.82. The SMILES string of the molecule is Cc1nc(-c2ccccc2)cc2c1nc(-c1[c-]cc(C)c3c1sc1cc(-c4ccccc4)ccc13)n2-c1ccccc1.[Ir].[c-]1ccccc1-c1ccccn1. The molecule has 4 heterocycles. The second-order valence-corrected chi connectivity index (χ2v) is 14.2. The maximum atomic E-state index is 5.28. The number of imidazole rings is 1. The Balaban J connectivity index is 0.000000280. The molecule has 0 aliphatic carbocycles.